The van der Waals surface area contributed by atoms with E-state index in [2.05, 4.69) is 212 Å². The van der Waals surface area contributed by atoms with Gasteiger partial charge in [0.1, 0.15) is 0 Å². The molecule has 0 radical (unpaired) electrons. The molecule has 2 aliphatic heterocycles. The first-order valence-corrected chi connectivity index (χ1v) is 26.2. The second-order valence-electron chi connectivity index (χ2n) is 26.7. The van der Waals surface area contributed by atoms with Gasteiger partial charge in [0.05, 0.1) is 5.69 Å². The van der Waals surface area contributed by atoms with E-state index in [1.54, 1.807) is 11.1 Å². The van der Waals surface area contributed by atoms with Gasteiger partial charge in [-0.1, -0.05) is 134 Å². The van der Waals surface area contributed by atoms with Gasteiger partial charge in [0.25, 0.3) is 6.71 Å². The number of thiophene rings is 1. The number of rotatable bonds is 2. The van der Waals surface area contributed by atoms with Crippen LogP contribution in [-0.4, -0.2) is 6.71 Å². The molecule has 0 spiro atoms. The molecule has 0 atom stereocenters. The smallest absolute Gasteiger partial charge is 0.264 e. The average Bonchev–Trinajstić information content (AvgIpc) is 3.60. The van der Waals surface area contributed by atoms with Crippen LogP contribution in [0.2, 0.25) is 0 Å². The van der Waals surface area contributed by atoms with Gasteiger partial charge in [-0.25, -0.2) is 0 Å². The van der Waals surface area contributed by atoms with Gasteiger partial charge in [-0.3, -0.25) is 0 Å². The molecule has 0 bridgehead atoms. The van der Waals surface area contributed by atoms with Crippen LogP contribution in [0.1, 0.15) is 192 Å². The Hall–Kier alpha value is -4.28. The zero-order valence-corrected chi connectivity index (χ0v) is 44.4. The number of hydrogen-bond acceptors (Lipinski definition) is 3. The standard InChI is InChI=1S/C62H75BN2S/c1-36-30-48-52-49(31-36)65(47-34-44-42(32-37(47)2)58(8,9)24-26-60(44,12)13)54-46(23-22-41-51(54)62(16,17)29-28-57(41,6)7)63(52)55-53(64(48)39-20-18-38(19-21-39)56(3,4)5)40-33-43-45(35-50(40)66-55)61(14,15)27-25-59(43,10)11/h18-23,30-35H,24-29H2,1-17H3. The van der Waals surface area contributed by atoms with E-state index in [1.165, 1.54) is 137 Å². The van der Waals surface area contributed by atoms with Crippen LogP contribution in [0.15, 0.2) is 72.8 Å². The third kappa shape index (κ3) is 6.24. The number of aryl methyl sites for hydroxylation is 2. The lowest BCUT2D eigenvalue weighted by molar-refractivity contribution is 0.331. The van der Waals surface area contributed by atoms with E-state index in [4.69, 9.17) is 0 Å². The molecule has 5 aliphatic rings. The first-order chi connectivity index (χ1) is 30.6. The third-order valence-corrected chi connectivity index (χ3v) is 19.3. The van der Waals surface area contributed by atoms with E-state index >= 15 is 0 Å². The monoisotopic (exact) mass is 891 g/mol. The zero-order chi connectivity index (χ0) is 47.2. The molecule has 6 aromatic rings. The molecule has 5 aromatic carbocycles. The molecule has 0 N–H and O–H groups in total. The van der Waals surface area contributed by atoms with E-state index in [9.17, 15) is 0 Å². The Morgan fingerprint density at radius 3 is 1.58 bits per heavy atom. The van der Waals surface area contributed by atoms with Crippen molar-refractivity contribution in [3.8, 4) is 0 Å². The summed E-state index contributed by atoms with van der Waals surface area (Å²) < 4.78 is 2.91. The second kappa shape index (κ2) is 13.7. The molecule has 3 heterocycles. The SMILES string of the molecule is Cc1cc2c3c(c1)N(c1ccc(C(C)(C)C)cc1)c1c(sc4cc5c(cc14)C(C)(C)CCC5(C)C)B3c1ccc3c(c1N2c1cc2c(cc1C)C(C)(C)CCC2(C)C)C(C)(C)CCC3(C)C. The Morgan fingerprint density at radius 1 is 0.500 bits per heavy atom. The number of benzene rings is 5. The number of anilines is 6. The summed E-state index contributed by atoms with van der Waals surface area (Å²) >= 11 is 2.08. The van der Waals surface area contributed by atoms with E-state index in [0.717, 1.165) is 0 Å². The van der Waals surface area contributed by atoms with Crippen LogP contribution in [0, 0.1) is 13.8 Å². The van der Waals surface area contributed by atoms with Gasteiger partial charge in [0, 0.05) is 43.3 Å². The Kier molecular flexibility index (Phi) is 9.19. The normalized spacial score (nSPS) is 21.1. The largest absolute Gasteiger partial charge is 0.311 e. The van der Waals surface area contributed by atoms with Crippen molar-refractivity contribution in [3.63, 3.8) is 0 Å². The quantitative estimate of drug-likeness (QED) is 0.160. The molecule has 0 amide bonds. The Bertz CT molecular complexity index is 3050. The highest BCUT2D eigenvalue weighted by molar-refractivity contribution is 7.33. The lowest BCUT2D eigenvalue weighted by atomic mass is 9.35. The highest BCUT2D eigenvalue weighted by atomic mass is 32.1. The summed E-state index contributed by atoms with van der Waals surface area (Å²) in [4.78, 5) is 5.52. The molecule has 2 nitrogen and oxygen atoms in total. The lowest BCUT2D eigenvalue weighted by Gasteiger charge is -2.50. The maximum Gasteiger partial charge on any atom is 0.264 e. The van der Waals surface area contributed by atoms with Crippen LogP contribution in [0.3, 0.4) is 0 Å². The molecule has 3 aliphatic carbocycles. The maximum absolute atomic E-state index is 2.82. The molecular formula is C62H75BN2S. The van der Waals surface area contributed by atoms with Gasteiger partial charge in [0.2, 0.25) is 0 Å². The van der Waals surface area contributed by atoms with Crippen molar-refractivity contribution in [2.45, 2.75) is 194 Å². The lowest BCUT2D eigenvalue weighted by Crippen LogP contribution is -2.61. The minimum atomic E-state index is -0.00328. The van der Waals surface area contributed by atoms with Gasteiger partial charge in [-0.05, 0) is 194 Å². The van der Waals surface area contributed by atoms with Gasteiger partial charge in [-0.15, -0.1) is 11.3 Å². The minimum Gasteiger partial charge on any atom is -0.311 e. The van der Waals surface area contributed by atoms with Crippen LogP contribution in [0.5, 0.6) is 0 Å². The first-order valence-electron chi connectivity index (χ1n) is 25.4. The van der Waals surface area contributed by atoms with E-state index in [-0.39, 0.29) is 44.6 Å². The van der Waals surface area contributed by atoms with E-state index in [0.29, 0.717) is 0 Å². The molecule has 0 saturated heterocycles. The molecular weight excluding hydrogens is 816 g/mol. The van der Waals surface area contributed by atoms with Gasteiger partial charge < -0.3 is 9.80 Å². The van der Waals surface area contributed by atoms with Crippen molar-refractivity contribution in [2.75, 3.05) is 9.80 Å². The van der Waals surface area contributed by atoms with Gasteiger partial charge in [-0.2, -0.15) is 0 Å². The molecule has 0 unspecified atom stereocenters. The van der Waals surface area contributed by atoms with Crippen LogP contribution >= 0.6 is 11.3 Å². The molecule has 342 valence electrons. The molecule has 1 aromatic heterocycles. The molecule has 4 heteroatoms. The van der Waals surface area contributed by atoms with Crippen LogP contribution in [-0.2, 0) is 37.9 Å². The maximum atomic E-state index is 2.82. The summed E-state index contributed by atoms with van der Waals surface area (Å²) in [5.74, 6) is 0. The molecule has 0 fully saturated rings. The second-order valence-corrected chi connectivity index (χ2v) is 27.8. The Balaban J connectivity index is 1.29. The Labute approximate surface area is 402 Å². The van der Waals surface area contributed by atoms with Crippen LogP contribution in [0.25, 0.3) is 10.1 Å². The average molecular weight is 891 g/mol. The number of hydrogen-bond donors (Lipinski definition) is 0. The summed E-state index contributed by atoms with van der Waals surface area (Å²) in [5.41, 5.74) is 24.9. The highest BCUT2D eigenvalue weighted by Gasteiger charge is 2.51. The zero-order valence-electron chi connectivity index (χ0n) is 43.6. The van der Waals surface area contributed by atoms with Gasteiger partial charge in [0.15, 0.2) is 0 Å². The molecule has 0 saturated carbocycles. The fourth-order valence-corrected chi connectivity index (χ4v) is 14.8. The topological polar surface area (TPSA) is 6.48 Å². The fraction of sp³-hybridized carbons (Fsp3) is 0.484. The van der Waals surface area contributed by atoms with Crippen molar-refractivity contribution in [1.29, 1.82) is 0 Å². The predicted octanol–water partition coefficient (Wildman–Crippen LogP) is 15.9. The Morgan fingerprint density at radius 2 is 1.00 bits per heavy atom. The van der Waals surface area contributed by atoms with Crippen molar-refractivity contribution in [3.05, 3.63) is 123 Å². The van der Waals surface area contributed by atoms with Crippen molar-refractivity contribution < 1.29 is 0 Å². The summed E-state index contributed by atoms with van der Waals surface area (Å²) in [6.07, 6.45) is 7.18. The van der Waals surface area contributed by atoms with E-state index < -0.39 is 0 Å². The third-order valence-electron chi connectivity index (χ3n) is 18.1. The summed E-state index contributed by atoms with van der Waals surface area (Å²) in [6.45, 7) is 41.8. The molecule has 66 heavy (non-hydrogen) atoms. The summed E-state index contributed by atoms with van der Waals surface area (Å²) in [6, 6.07) is 30.4. The summed E-state index contributed by atoms with van der Waals surface area (Å²) in [7, 11) is 0. The molecule has 11 rings (SSSR count). The minimum absolute atomic E-state index is 0.00328. The van der Waals surface area contributed by atoms with Crippen molar-refractivity contribution in [1.82, 2.24) is 0 Å². The fourth-order valence-electron chi connectivity index (χ4n) is 13.5. The predicted molar refractivity (Wildman–Crippen MR) is 290 cm³/mol. The van der Waals surface area contributed by atoms with Crippen molar-refractivity contribution >= 4 is 78.0 Å². The van der Waals surface area contributed by atoms with Crippen molar-refractivity contribution in [2.24, 2.45) is 0 Å². The van der Waals surface area contributed by atoms with Crippen LogP contribution in [0.4, 0.5) is 34.1 Å². The highest BCUT2D eigenvalue weighted by Crippen LogP contribution is 2.57. The number of nitrogens with zero attached hydrogens (tertiary/aromatic N) is 2. The van der Waals surface area contributed by atoms with E-state index in [1.807, 2.05) is 0 Å². The van der Waals surface area contributed by atoms with Crippen LogP contribution < -0.4 is 25.5 Å². The first kappa shape index (κ1) is 44.2. The summed E-state index contributed by atoms with van der Waals surface area (Å²) in [5, 5.41) is 1.41. The van der Waals surface area contributed by atoms with Gasteiger partial charge >= 0.3 is 0 Å². The number of fused-ring (bicyclic) bond motifs is 10.